The minimum atomic E-state index is 0.763. The van der Waals surface area contributed by atoms with Gasteiger partial charge in [-0.2, -0.15) is 0 Å². The third kappa shape index (κ3) is 0.967. The summed E-state index contributed by atoms with van der Waals surface area (Å²) < 4.78 is 2.39. The van der Waals surface area contributed by atoms with Gasteiger partial charge >= 0.3 is 0 Å². The normalized spacial score (nSPS) is 36.2. The van der Waals surface area contributed by atoms with Gasteiger partial charge in [0.05, 0.1) is 6.33 Å². The van der Waals surface area contributed by atoms with Crippen molar-refractivity contribution in [2.45, 2.75) is 19.4 Å². The predicted molar refractivity (Wildman–Crippen MR) is 50.5 cm³/mol. The molecule has 13 heavy (non-hydrogen) atoms. The maximum absolute atomic E-state index is 4.22. The maximum Gasteiger partial charge on any atom is 0.0950 e. The average molecular weight is 177 g/mol. The minimum absolute atomic E-state index is 0.763. The molecule has 0 radical (unpaired) electrons. The van der Waals surface area contributed by atoms with Gasteiger partial charge in [-0.1, -0.05) is 6.92 Å². The Morgan fingerprint density at radius 3 is 3.00 bits per heavy atom. The predicted octanol–water partition coefficient (Wildman–Crippen LogP) is 0.836. The van der Waals surface area contributed by atoms with Crippen LogP contribution in [-0.4, -0.2) is 22.6 Å². The highest BCUT2D eigenvalue weighted by Crippen LogP contribution is 2.52. The molecule has 1 N–H and O–H groups in total. The number of nitrogens with one attached hydrogen (secondary N) is 1. The highest BCUT2D eigenvalue weighted by atomic mass is 15.2. The largest absolute Gasteiger partial charge is 0.331 e. The van der Waals surface area contributed by atoms with E-state index in [1.54, 1.807) is 0 Å². The van der Waals surface area contributed by atoms with E-state index < -0.39 is 0 Å². The van der Waals surface area contributed by atoms with Crippen molar-refractivity contribution in [3.8, 4) is 0 Å². The van der Waals surface area contributed by atoms with Gasteiger partial charge in [-0.15, -0.1) is 0 Å². The Morgan fingerprint density at radius 2 is 2.31 bits per heavy atom. The van der Waals surface area contributed by atoms with E-state index in [-0.39, 0.29) is 0 Å². The van der Waals surface area contributed by atoms with Gasteiger partial charge < -0.3 is 9.88 Å². The number of rotatable bonds is 2. The van der Waals surface area contributed by atoms with Crippen LogP contribution in [0.15, 0.2) is 12.5 Å². The Balaban J connectivity index is 1.86. The van der Waals surface area contributed by atoms with E-state index in [2.05, 4.69) is 21.8 Å². The van der Waals surface area contributed by atoms with E-state index in [0.29, 0.717) is 0 Å². The first-order chi connectivity index (χ1) is 6.42. The van der Waals surface area contributed by atoms with Crippen molar-refractivity contribution in [1.29, 1.82) is 0 Å². The highest BCUT2D eigenvalue weighted by molar-refractivity contribution is 5.13. The Morgan fingerprint density at radius 1 is 1.54 bits per heavy atom. The lowest BCUT2D eigenvalue weighted by Crippen LogP contribution is -2.17. The number of hydrogen-bond donors (Lipinski definition) is 1. The van der Waals surface area contributed by atoms with Gasteiger partial charge in [-0.05, 0) is 18.3 Å². The zero-order chi connectivity index (χ0) is 8.84. The molecule has 0 aromatic carbocycles. The van der Waals surface area contributed by atoms with Gasteiger partial charge in [0.2, 0.25) is 0 Å². The molecule has 0 bridgehead atoms. The molecule has 1 saturated heterocycles. The summed E-state index contributed by atoms with van der Waals surface area (Å²) >= 11 is 0. The number of piperidine rings is 1. The van der Waals surface area contributed by atoms with Crippen LogP contribution < -0.4 is 5.32 Å². The molecule has 2 atom stereocenters. The van der Waals surface area contributed by atoms with Gasteiger partial charge in [-0.25, -0.2) is 4.98 Å². The summed E-state index contributed by atoms with van der Waals surface area (Å²) in [5.74, 6) is 1.78. The topological polar surface area (TPSA) is 29.9 Å². The first-order valence-corrected chi connectivity index (χ1v) is 5.13. The molecule has 3 nitrogen and oxygen atoms in total. The maximum atomic E-state index is 4.22. The lowest BCUT2D eigenvalue weighted by molar-refractivity contribution is 0.555. The van der Waals surface area contributed by atoms with Crippen LogP contribution in [0, 0.1) is 11.8 Å². The van der Waals surface area contributed by atoms with Crippen LogP contribution in [0.3, 0.4) is 0 Å². The summed E-state index contributed by atoms with van der Waals surface area (Å²) in [6, 6.07) is 0.763. The van der Waals surface area contributed by atoms with Crippen LogP contribution in [0.25, 0.3) is 0 Å². The molecule has 2 aliphatic rings. The monoisotopic (exact) mass is 177 g/mol. The minimum Gasteiger partial charge on any atom is -0.331 e. The third-order valence-electron chi connectivity index (χ3n) is 3.48. The second-order valence-electron chi connectivity index (χ2n) is 4.12. The van der Waals surface area contributed by atoms with Gasteiger partial charge in [0.25, 0.3) is 0 Å². The van der Waals surface area contributed by atoms with E-state index in [9.17, 15) is 0 Å². The number of aromatic nitrogens is 2. The standard InChI is InChI=1S/C10H15N3/c1-2-7-3-12-6-13(7)10-8-4-11-5-9(8)10/h3,6,8-11H,2,4-5H2,1H3. The summed E-state index contributed by atoms with van der Waals surface area (Å²) in [6.07, 6.45) is 5.10. The van der Waals surface area contributed by atoms with E-state index in [1.807, 2.05) is 12.5 Å². The van der Waals surface area contributed by atoms with Gasteiger partial charge in [0.15, 0.2) is 0 Å². The van der Waals surface area contributed by atoms with Crippen LogP contribution in [0.4, 0.5) is 0 Å². The van der Waals surface area contributed by atoms with Gasteiger partial charge in [-0.3, -0.25) is 0 Å². The van der Waals surface area contributed by atoms with Crippen LogP contribution >= 0.6 is 0 Å². The Bertz CT molecular complexity index is 308. The van der Waals surface area contributed by atoms with E-state index in [0.717, 1.165) is 24.3 Å². The lowest BCUT2D eigenvalue weighted by atomic mass is 10.3. The molecule has 1 aliphatic carbocycles. The Labute approximate surface area is 78.2 Å². The molecule has 70 valence electrons. The first kappa shape index (κ1) is 7.56. The zero-order valence-electron chi connectivity index (χ0n) is 7.90. The Hall–Kier alpha value is -0.830. The quantitative estimate of drug-likeness (QED) is 0.725. The summed E-state index contributed by atoms with van der Waals surface area (Å²) in [5.41, 5.74) is 1.39. The first-order valence-electron chi connectivity index (χ1n) is 5.13. The van der Waals surface area contributed by atoms with E-state index in [4.69, 9.17) is 0 Å². The van der Waals surface area contributed by atoms with Crippen LogP contribution in [-0.2, 0) is 6.42 Å². The molecule has 2 heterocycles. The van der Waals surface area contributed by atoms with Gasteiger partial charge in [0, 0.05) is 31.0 Å². The van der Waals surface area contributed by atoms with Crippen molar-refractivity contribution in [2.75, 3.05) is 13.1 Å². The van der Waals surface area contributed by atoms with E-state index >= 15 is 0 Å². The van der Waals surface area contributed by atoms with Crippen molar-refractivity contribution in [1.82, 2.24) is 14.9 Å². The smallest absolute Gasteiger partial charge is 0.0950 e. The second kappa shape index (κ2) is 2.58. The molecule has 3 rings (SSSR count). The Kier molecular flexibility index (Phi) is 1.50. The van der Waals surface area contributed by atoms with Crippen molar-refractivity contribution in [3.63, 3.8) is 0 Å². The molecular formula is C10H15N3. The SMILES string of the molecule is CCc1cncn1C1C2CNCC21. The van der Waals surface area contributed by atoms with Crippen LogP contribution in [0.1, 0.15) is 18.7 Å². The average Bonchev–Trinajstić information content (AvgIpc) is 2.65. The molecular weight excluding hydrogens is 162 g/mol. The molecule has 2 unspecified atom stereocenters. The number of fused-ring (bicyclic) bond motifs is 1. The molecule has 3 heteroatoms. The molecule has 0 spiro atoms. The van der Waals surface area contributed by atoms with Crippen molar-refractivity contribution >= 4 is 0 Å². The fourth-order valence-electron chi connectivity index (χ4n) is 2.67. The summed E-state index contributed by atoms with van der Waals surface area (Å²) in [7, 11) is 0. The molecule has 1 aromatic rings. The molecule has 0 amide bonds. The van der Waals surface area contributed by atoms with Crippen LogP contribution in [0.5, 0.6) is 0 Å². The van der Waals surface area contributed by atoms with Crippen molar-refractivity contribution < 1.29 is 0 Å². The fraction of sp³-hybridized carbons (Fsp3) is 0.700. The number of imidazole rings is 1. The summed E-state index contributed by atoms with van der Waals surface area (Å²) in [4.78, 5) is 4.22. The lowest BCUT2D eigenvalue weighted by Gasteiger charge is -2.08. The van der Waals surface area contributed by atoms with Crippen molar-refractivity contribution in [2.24, 2.45) is 11.8 Å². The zero-order valence-corrected chi connectivity index (χ0v) is 7.90. The van der Waals surface area contributed by atoms with E-state index in [1.165, 1.54) is 18.8 Å². The fourth-order valence-corrected chi connectivity index (χ4v) is 2.67. The van der Waals surface area contributed by atoms with Crippen molar-refractivity contribution in [3.05, 3.63) is 18.2 Å². The number of hydrogen-bond acceptors (Lipinski definition) is 2. The molecule has 1 aliphatic heterocycles. The summed E-state index contributed by atoms with van der Waals surface area (Å²) in [5, 5.41) is 3.42. The number of nitrogens with zero attached hydrogens (tertiary/aromatic N) is 2. The summed E-state index contributed by atoms with van der Waals surface area (Å²) in [6.45, 7) is 4.61. The number of aryl methyl sites for hydroxylation is 1. The molecule has 2 fully saturated rings. The van der Waals surface area contributed by atoms with Gasteiger partial charge in [0.1, 0.15) is 0 Å². The highest BCUT2D eigenvalue weighted by Gasteiger charge is 2.54. The third-order valence-corrected chi connectivity index (χ3v) is 3.48. The molecule has 1 aromatic heterocycles. The van der Waals surface area contributed by atoms with Crippen LogP contribution in [0.2, 0.25) is 0 Å². The second-order valence-corrected chi connectivity index (χ2v) is 4.12. The molecule has 1 saturated carbocycles.